The Morgan fingerprint density at radius 3 is 1.82 bits per heavy atom. The van der Waals surface area contributed by atoms with E-state index in [-0.39, 0.29) is 0 Å². The Labute approximate surface area is 77.2 Å². The minimum atomic E-state index is 0.320. The quantitative estimate of drug-likeness (QED) is 0.570. The van der Waals surface area contributed by atoms with Gasteiger partial charge in [0.15, 0.2) is 0 Å². The fourth-order valence-electron chi connectivity index (χ4n) is 0.608. The molecule has 56 valence electrons. The third-order valence-corrected chi connectivity index (χ3v) is 2.26. The first kappa shape index (κ1) is 7.01. The summed E-state index contributed by atoms with van der Waals surface area (Å²) in [6.07, 6.45) is 0. The van der Waals surface area contributed by atoms with E-state index >= 15 is 0 Å². The Morgan fingerprint density at radius 2 is 1.36 bits per heavy atom. The smallest absolute Gasteiger partial charge is 0.210 e. The van der Waals surface area contributed by atoms with E-state index in [9.17, 15) is 0 Å². The average molecular weight is 200 g/mol. The molecule has 0 unspecified atom stereocenters. The van der Waals surface area contributed by atoms with Crippen molar-refractivity contribution in [3.63, 3.8) is 0 Å². The zero-order valence-electron chi connectivity index (χ0n) is 5.01. The van der Waals surface area contributed by atoms with E-state index in [4.69, 9.17) is 25.3 Å². The molecule has 0 saturated heterocycles. The van der Waals surface area contributed by atoms with Crippen LogP contribution in [0.3, 0.4) is 0 Å². The summed E-state index contributed by atoms with van der Waals surface area (Å²) in [6.45, 7) is 0. The molecule has 0 bridgehead atoms. The fourth-order valence-corrected chi connectivity index (χ4v) is 1.31. The highest BCUT2D eigenvalue weighted by Gasteiger charge is 1.97. The molecule has 0 aliphatic carbocycles. The molecule has 2 aromatic heterocycles. The van der Waals surface area contributed by atoms with E-state index in [0.29, 0.717) is 21.3 Å². The summed E-state index contributed by atoms with van der Waals surface area (Å²) in [4.78, 5) is 7.84. The topological polar surface area (TPSA) is 51.6 Å². The summed E-state index contributed by atoms with van der Waals surface area (Å²) >= 11 is 10.7. The average Bonchev–Trinajstić information content (AvgIpc) is 2.36. The highest BCUT2D eigenvalue weighted by molar-refractivity contribution is 7.62. The summed E-state index contributed by atoms with van der Waals surface area (Å²) in [6, 6.07) is 0. The lowest BCUT2D eigenvalue weighted by atomic mass is 10.7. The van der Waals surface area contributed by atoms with Gasteiger partial charge in [-0.25, -0.2) is 0 Å². The maximum absolute atomic E-state index is 4.81. The minimum absolute atomic E-state index is 0.320. The van der Waals surface area contributed by atoms with Crippen molar-refractivity contribution in [2.75, 3.05) is 0 Å². The molecule has 0 aliphatic rings. The van der Waals surface area contributed by atoms with Crippen LogP contribution in [0.5, 0.6) is 0 Å². The van der Waals surface area contributed by atoms with E-state index in [1.807, 2.05) is 0 Å². The molecule has 11 heavy (non-hydrogen) atoms. The SMILES string of the molecule is [S-]c1nc2nsnc2nc1[S-]. The van der Waals surface area contributed by atoms with Gasteiger partial charge < -0.3 is 25.3 Å². The van der Waals surface area contributed by atoms with Crippen molar-refractivity contribution in [2.24, 2.45) is 0 Å². The number of nitrogens with zero attached hydrogens (tertiary/aromatic N) is 4. The zero-order chi connectivity index (χ0) is 7.84. The van der Waals surface area contributed by atoms with Gasteiger partial charge in [0.1, 0.15) is 0 Å². The van der Waals surface area contributed by atoms with Crippen LogP contribution in [0.4, 0.5) is 0 Å². The summed E-state index contributed by atoms with van der Waals surface area (Å²) in [5, 5.41) is 0.639. The molecular formula is C4N4S3-2. The van der Waals surface area contributed by atoms with E-state index < -0.39 is 0 Å². The van der Waals surface area contributed by atoms with Gasteiger partial charge in [-0.05, 0) is 0 Å². The van der Waals surface area contributed by atoms with Crippen LogP contribution in [0.25, 0.3) is 11.3 Å². The van der Waals surface area contributed by atoms with Crippen LogP contribution in [0.1, 0.15) is 0 Å². The number of hydrogen-bond acceptors (Lipinski definition) is 7. The van der Waals surface area contributed by atoms with Crippen molar-refractivity contribution in [1.29, 1.82) is 0 Å². The number of aromatic nitrogens is 4. The van der Waals surface area contributed by atoms with Gasteiger partial charge >= 0.3 is 0 Å². The summed E-state index contributed by atoms with van der Waals surface area (Å²) < 4.78 is 7.73. The molecule has 4 nitrogen and oxygen atoms in total. The lowest BCUT2D eigenvalue weighted by molar-refractivity contribution is 0.966. The van der Waals surface area contributed by atoms with Crippen LogP contribution in [0.15, 0.2) is 10.1 Å². The lowest BCUT2D eigenvalue weighted by Crippen LogP contribution is -1.90. The number of rotatable bonds is 0. The maximum atomic E-state index is 4.81. The van der Waals surface area contributed by atoms with Gasteiger partial charge in [-0.2, -0.15) is 8.75 Å². The molecule has 0 aliphatic heterocycles. The first-order chi connectivity index (χ1) is 5.27. The number of hydrogen-bond donors (Lipinski definition) is 0. The molecule has 0 saturated carbocycles. The molecule has 0 radical (unpaired) electrons. The predicted molar refractivity (Wildman–Crippen MR) is 44.3 cm³/mol. The van der Waals surface area contributed by atoms with Crippen LogP contribution >= 0.6 is 11.7 Å². The minimum Gasteiger partial charge on any atom is -0.760 e. The molecule has 0 fully saturated rings. The third-order valence-electron chi connectivity index (χ3n) is 1.05. The van der Waals surface area contributed by atoms with Crippen LogP contribution in [-0.4, -0.2) is 18.7 Å². The largest absolute Gasteiger partial charge is 0.760 e. The number of fused-ring (bicyclic) bond motifs is 1. The molecule has 2 aromatic rings. The lowest BCUT2D eigenvalue weighted by Gasteiger charge is -2.13. The molecular weight excluding hydrogens is 200 g/mol. The second kappa shape index (κ2) is 2.43. The molecule has 0 amide bonds. The van der Waals surface area contributed by atoms with E-state index in [0.717, 1.165) is 11.7 Å². The second-order valence-corrected chi connectivity index (χ2v) is 3.05. The zero-order valence-corrected chi connectivity index (χ0v) is 7.46. The Hall–Kier alpha value is -0.660. The highest BCUT2D eigenvalue weighted by Crippen LogP contribution is 2.09. The van der Waals surface area contributed by atoms with Gasteiger partial charge in [0.2, 0.25) is 11.3 Å². The Balaban J connectivity index is 2.86. The first-order valence-corrected chi connectivity index (χ1v) is 4.16. The Morgan fingerprint density at radius 1 is 0.909 bits per heavy atom. The van der Waals surface area contributed by atoms with Gasteiger partial charge in [0.25, 0.3) is 0 Å². The molecule has 2 heterocycles. The molecule has 0 aromatic carbocycles. The van der Waals surface area contributed by atoms with Crippen molar-refractivity contribution in [3.8, 4) is 0 Å². The van der Waals surface area contributed by atoms with Crippen molar-refractivity contribution < 1.29 is 0 Å². The Kier molecular flexibility index (Phi) is 1.55. The molecule has 7 heteroatoms. The van der Waals surface area contributed by atoms with Crippen molar-refractivity contribution in [3.05, 3.63) is 0 Å². The molecule has 0 spiro atoms. The summed E-state index contributed by atoms with van der Waals surface area (Å²) in [5.41, 5.74) is 0.960. The van der Waals surface area contributed by atoms with Gasteiger partial charge in [-0.15, -0.1) is 0 Å². The van der Waals surface area contributed by atoms with Crippen molar-refractivity contribution in [1.82, 2.24) is 18.7 Å². The van der Waals surface area contributed by atoms with Crippen molar-refractivity contribution >= 4 is 48.3 Å². The molecule has 2 rings (SSSR count). The van der Waals surface area contributed by atoms with E-state index in [2.05, 4.69) is 18.7 Å². The van der Waals surface area contributed by atoms with Gasteiger partial charge in [-0.1, -0.05) is 10.1 Å². The third kappa shape index (κ3) is 1.10. The van der Waals surface area contributed by atoms with Crippen LogP contribution in [-0.2, 0) is 25.3 Å². The first-order valence-electron chi connectivity index (χ1n) is 2.62. The van der Waals surface area contributed by atoms with Crippen LogP contribution in [0, 0.1) is 0 Å². The maximum Gasteiger partial charge on any atom is 0.210 e. The van der Waals surface area contributed by atoms with Crippen LogP contribution in [0.2, 0.25) is 0 Å². The molecule has 0 atom stereocenters. The molecule has 0 N–H and O–H groups in total. The standard InChI is InChI=1S/C4H2N4S3/c9-3-4(10)6-2-1(5-3)7-11-8-2/h(H,5,7,9)(H,6,8,10)/p-2. The monoisotopic (exact) mass is 200 g/mol. The normalized spacial score (nSPS) is 10.5. The second-order valence-electron chi connectivity index (χ2n) is 1.75. The van der Waals surface area contributed by atoms with E-state index in [1.54, 1.807) is 0 Å². The summed E-state index contributed by atoms with van der Waals surface area (Å²) in [5.74, 6) is 0. The van der Waals surface area contributed by atoms with Crippen molar-refractivity contribution in [2.45, 2.75) is 10.1 Å². The van der Waals surface area contributed by atoms with E-state index in [1.165, 1.54) is 0 Å². The fraction of sp³-hybridized carbons (Fsp3) is 0. The van der Waals surface area contributed by atoms with Crippen LogP contribution < -0.4 is 0 Å². The van der Waals surface area contributed by atoms with Gasteiger partial charge in [0.05, 0.1) is 11.7 Å². The van der Waals surface area contributed by atoms with Gasteiger partial charge in [0, 0.05) is 0 Å². The highest BCUT2D eigenvalue weighted by atomic mass is 32.1. The van der Waals surface area contributed by atoms with Gasteiger partial charge in [-0.3, -0.25) is 9.97 Å². The summed E-state index contributed by atoms with van der Waals surface area (Å²) in [7, 11) is 0. The Bertz CT molecular complexity index is 361. The predicted octanol–water partition coefficient (Wildman–Crippen LogP) is 0.293.